The predicted octanol–water partition coefficient (Wildman–Crippen LogP) is 1.77. The number of rotatable bonds is 7. The molecule has 2 fully saturated rings. The summed E-state index contributed by atoms with van der Waals surface area (Å²) in [5.41, 5.74) is 1.68. The largest absolute Gasteiger partial charge is 0.385 e. The van der Waals surface area contributed by atoms with E-state index in [9.17, 15) is 14.4 Å². The number of aromatic nitrogens is 6. The molecule has 1 saturated heterocycles. The maximum Gasteiger partial charge on any atom is 0.289 e. The van der Waals surface area contributed by atoms with Crippen LogP contribution in [0.1, 0.15) is 52.8 Å². The number of pyridine rings is 1. The van der Waals surface area contributed by atoms with Gasteiger partial charge in [0.15, 0.2) is 23.0 Å². The van der Waals surface area contributed by atoms with E-state index in [4.69, 9.17) is 0 Å². The zero-order valence-electron chi connectivity index (χ0n) is 20.8. The number of amides is 2. The Hall–Kier alpha value is -4.68. The first-order chi connectivity index (χ1) is 18.5. The van der Waals surface area contributed by atoms with Crippen LogP contribution in [-0.4, -0.2) is 72.0 Å². The lowest BCUT2D eigenvalue weighted by Crippen LogP contribution is -2.41. The second-order valence-corrected chi connectivity index (χ2v) is 9.54. The number of nitrogens with one attached hydrogen (secondary N) is 4. The lowest BCUT2D eigenvalue weighted by molar-refractivity contribution is 0.0682. The number of hydrogen-bond donors (Lipinski definition) is 4. The molecule has 0 aromatic carbocycles. The third-order valence-corrected chi connectivity index (χ3v) is 6.97. The molecule has 1 aliphatic carbocycles. The minimum absolute atomic E-state index is 0.0421. The van der Waals surface area contributed by atoms with Gasteiger partial charge in [-0.1, -0.05) is 0 Å². The highest BCUT2D eigenvalue weighted by Crippen LogP contribution is 2.25. The molecule has 4 N–H and O–H groups in total. The molecule has 196 valence electrons. The van der Waals surface area contributed by atoms with Gasteiger partial charge in [-0.3, -0.25) is 14.4 Å². The number of hydrogen-bond acceptors (Lipinski definition) is 8. The molecule has 38 heavy (non-hydrogen) atoms. The monoisotopic (exact) mass is 516 g/mol. The maximum atomic E-state index is 13.4. The number of H-pyrrole nitrogens is 1. The fourth-order valence-electron chi connectivity index (χ4n) is 4.77. The van der Waals surface area contributed by atoms with Crippen molar-refractivity contribution in [2.75, 3.05) is 30.8 Å². The second kappa shape index (κ2) is 9.65. The van der Waals surface area contributed by atoms with E-state index in [0.29, 0.717) is 60.3 Å². The summed E-state index contributed by atoms with van der Waals surface area (Å²) < 4.78 is 3.19. The first-order valence-electron chi connectivity index (χ1n) is 12.7. The van der Waals surface area contributed by atoms with Gasteiger partial charge in [0.2, 0.25) is 0 Å². The number of carbonyl (C=O) groups excluding carboxylic acids is 2. The van der Waals surface area contributed by atoms with Crippen molar-refractivity contribution in [2.45, 2.75) is 37.8 Å². The highest BCUT2D eigenvalue weighted by molar-refractivity contribution is 5.94. The molecule has 4 aromatic heterocycles. The van der Waals surface area contributed by atoms with Crippen LogP contribution in [0.4, 0.5) is 17.2 Å². The van der Waals surface area contributed by atoms with Crippen LogP contribution in [-0.2, 0) is 0 Å². The average molecular weight is 517 g/mol. The summed E-state index contributed by atoms with van der Waals surface area (Å²) in [4.78, 5) is 51.7. The molecule has 0 bridgehead atoms. The van der Waals surface area contributed by atoms with Gasteiger partial charge in [-0.25, -0.2) is 14.5 Å². The van der Waals surface area contributed by atoms with Crippen LogP contribution >= 0.6 is 0 Å². The Kier molecular flexibility index (Phi) is 6.02. The minimum atomic E-state index is -0.231. The van der Waals surface area contributed by atoms with E-state index in [1.165, 1.54) is 10.7 Å². The first-order valence-corrected chi connectivity index (χ1v) is 12.7. The van der Waals surface area contributed by atoms with Gasteiger partial charge < -0.3 is 30.4 Å². The van der Waals surface area contributed by atoms with Gasteiger partial charge in [0.1, 0.15) is 5.69 Å². The number of piperidine rings is 1. The summed E-state index contributed by atoms with van der Waals surface area (Å²) in [5.74, 6) is 0.352. The van der Waals surface area contributed by atoms with E-state index in [0.717, 1.165) is 12.8 Å². The van der Waals surface area contributed by atoms with Gasteiger partial charge in [0.25, 0.3) is 17.4 Å². The third kappa shape index (κ3) is 4.46. The van der Waals surface area contributed by atoms with Crippen molar-refractivity contribution >= 4 is 34.7 Å². The van der Waals surface area contributed by atoms with Crippen molar-refractivity contribution in [3.05, 3.63) is 64.9 Å². The number of likely N-dealkylation sites (tertiary alicyclic amines) is 1. The molecule has 0 unspecified atom stereocenters. The molecule has 6 rings (SSSR count). The molecule has 2 aliphatic rings. The zero-order valence-corrected chi connectivity index (χ0v) is 20.8. The SMILES string of the molecule is CNc1cc(Nc2cccn(C3CCN(C(=O)c4ncc[nH]4)CC3)c2=O)nn2c(C(=O)NC3CC3)cnc12. The molecular weight excluding hydrogens is 488 g/mol. The normalized spacial score (nSPS) is 16.0. The summed E-state index contributed by atoms with van der Waals surface area (Å²) in [6.07, 6.45) is 9.71. The van der Waals surface area contributed by atoms with Crippen LogP contribution in [0.5, 0.6) is 0 Å². The van der Waals surface area contributed by atoms with E-state index < -0.39 is 0 Å². The molecule has 0 atom stereocenters. The van der Waals surface area contributed by atoms with Gasteiger partial charge in [0.05, 0.1) is 11.9 Å². The van der Waals surface area contributed by atoms with Crippen molar-refractivity contribution in [1.82, 2.24) is 39.3 Å². The molecule has 13 nitrogen and oxygen atoms in total. The van der Waals surface area contributed by atoms with Crippen molar-refractivity contribution in [3.63, 3.8) is 0 Å². The third-order valence-electron chi connectivity index (χ3n) is 6.97. The number of imidazole rings is 2. The lowest BCUT2D eigenvalue weighted by Gasteiger charge is -2.32. The van der Waals surface area contributed by atoms with E-state index in [2.05, 4.69) is 36.0 Å². The van der Waals surface area contributed by atoms with E-state index in [-0.39, 0.29) is 29.5 Å². The molecule has 5 heterocycles. The maximum absolute atomic E-state index is 13.4. The Balaban J connectivity index is 1.22. The van der Waals surface area contributed by atoms with Crippen LogP contribution in [0.3, 0.4) is 0 Å². The number of anilines is 3. The predicted molar refractivity (Wildman–Crippen MR) is 140 cm³/mol. The number of nitrogens with zero attached hydrogens (tertiary/aromatic N) is 6. The highest BCUT2D eigenvalue weighted by atomic mass is 16.2. The van der Waals surface area contributed by atoms with Crippen LogP contribution in [0.2, 0.25) is 0 Å². The van der Waals surface area contributed by atoms with E-state index in [1.54, 1.807) is 47.2 Å². The lowest BCUT2D eigenvalue weighted by atomic mass is 10.0. The van der Waals surface area contributed by atoms with E-state index >= 15 is 0 Å². The highest BCUT2D eigenvalue weighted by Gasteiger charge is 2.27. The fourth-order valence-corrected chi connectivity index (χ4v) is 4.77. The van der Waals surface area contributed by atoms with Crippen LogP contribution in [0.15, 0.2) is 47.8 Å². The van der Waals surface area contributed by atoms with Crippen molar-refractivity contribution < 1.29 is 9.59 Å². The first kappa shape index (κ1) is 23.7. The molecule has 1 aliphatic heterocycles. The van der Waals surface area contributed by atoms with Crippen LogP contribution < -0.4 is 21.5 Å². The van der Waals surface area contributed by atoms with Gasteiger partial charge in [0, 0.05) is 56.9 Å². The standard InChI is InChI=1S/C25H28N10O3/c1-26-18-13-20(32-35-19(14-29-22(18)35)23(36)30-15-4-5-15)31-17-3-2-10-34(24(17)37)16-6-11-33(12-7-16)25(38)21-27-8-9-28-21/h2-3,8-10,13-16,26H,4-7,11-12H2,1H3,(H,27,28)(H,30,36)(H,31,32). The molecular formula is C25H28N10O3. The molecule has 4 aromatic rings. The summed E-state index contributed by atoms with van der Waals surface area (Å²) in [5, 5.41) is 13.7. The number of aromatic amines is 1. The van der Waals surface area contributed by atoms with Crippen LogP contribution in [0, 0.1) is 0 Å². The van der Waals surface area contributed by atoms with E-state index in [1.807, 2.05) is 6.07 Å². The van der Waals surface area contributed by atoms with Gasteiger partial charge >= 0.3 is 0 Å². The fraction of sp³-hybridized carbons (Fsp3) is 0.360. The Bertz CT molecular complexity index is 1550. The van der Waals surface area contributed by atoms with Crippen LogP contribution in [0.25, 0.3) is 5.65 Å². The second-order valence-electron chi connectivity index (χ2n) is 9.54. The molecule has 1 saturated carbocycles. The van der Waals surface area contributed by atoms with Gasteiger partial charge in [-0.15, -0.1) is 5.10 Å². The Morgan fingerprint density at radius 3 is 2.63 bits per heavy atom. The Labute approximate surface area is 217 Å². The number of fused-ring (bicyclic) bond motifs is 1. The number of carbonyl (C=O) groups is 2. The van der Waals surface area contributed by atoms with Gasteiger partial charge in [-0.2, -0.15) is 0 Å². The summed E-state index contributed by atoms with van der Waals surface area (Å²) in [7, 11) is 1.76. The summed E-state index contributed by atoms with van der Waals surface area (Å²) in [6.45, 7) is 1.06. The minimum Gasteiger partial charge on any atom is -0.385 e. The smallest absolute Gasteiger partial charge is 0.289 e. The van der Waals surface area contributed by atoms with Crippen molar-refractivity contribution in [2.24, 2.45) is 0 Å². The molecule has 13 heteroatoms. The topological polar surface area (TPSA) is 154 Å². The molecule has 0 spiro atoms. The quantitative estimate of drug-likeness (QED) is 0.290. The van der Waals surface area contributed by atoms with Crippen molar-refractivity contribution in [3.8, 4) is 0 Å². The van der Waals surface area contributed by atoms with Crippen molar-refractivity contribution in [1.29, 1.82) is 0 Å². The summed E-state index contributed by atoms with van der Waals surface area (Å²) >= 11 is 0. The average Bonchev–Trinajstić information content (AvgIpc) is 3.38. The molecule has 2 amide bonds. The molecule has 0 radical (unpaired) electrons. The summed E-state index contributed by atoms with van der Waals surface area (Å²) in [6, 6.07) is 5.43. The van der Waals surface area contributed by atoms with Gasteiger partial charge in [-0.05, 0) is 37.8 Å². The Morgan fingerprint density at radius 1 is 1.11 bits per heavy atom. The zero-order chi connectivity index (χ0) is 26.2. The Morgan fingerprint density at radius 2 is 1.92 bits per heavy atom.